The SMILES string of the molecule is CN(C)C(=O)c1cc2cnc(Nc3ccc(N4CCN(C(=O)c5cc(Cc6n[nH]c(=O)c7ccccc67)ccc5F)CC4)cn3)nc2n1C1CCCC1. The largest absolute Gasteiger partial charge is 0.367 e. The summed E-state index contributed by atoms with van der Waals surface area (Å²) in [6.07, 6.45) is 8.11. The van der Waals surface area contributed by atoms with Crippen LogP contribution in [0.2, 0.25) is 0 Å². The van der Waals surface area contributed by atoms with Gasteiger partial charge in [-0.1, -0.05) is 37.1 Å². The number of piperazine rings is 1. The van der Waals surface area contributed by atoms with Crippen molar-refractivity contribution in [3.8, 4) is 0 Å². The van der Waals surface area contributed by atoms with Gasteiger partial charge in [0, 0.05) is 69.7 Å². The summed E-state index contributed by atoms with van der Waals surface area (Å²) < 4.78 is 17.1. The van der Waals surface area contributed by atoms with Crippen molar-refractivity contribution in [3.05, 3.63) is 112 Å². The maximum absolute atomic E-state index is 15.0. The monoisotopic (exact) mass is 714 g/mol. The van der Waals surface area contributed by atoms with Crippen LogP contribution in [0, 0.1) is 5.82 Å². The van der Waals surface area contributed by atoms with Gasteiger partial charge in [0.05, 0.1) is 28.5 Å². The van der Waals surface area contributed by atoms with E-state index in [1.54, 1.807) is 60.6 Å². The van der Waals surface area contributed by atoms with Gasteiger partial charge >= 0.3 is 0 Å². The van der Waals surface area contributed by atoms with Crippen molar-refractivity contribution in [1.82, 2.24) is 39.5 Å². The molecule has 2 N–H and O–H groups in total. The number of carbonyl (C=O) groups is 2. The van der Waals surface area contributed by atoms with Crippen molar-refractivity contribution in [3.63, 3.8) is 0 Å². The molecule has 2 fully saturated rings. The van der Waals surface area contributed by atoms with Crippen molar-refractivity contribution in [2.45, 2.75) is 38.1 Å². The number of H-pyrrole nitrogens is 1. The molecule has 0 radical (unpaired) electrons. The van der Waals surface area contributed by atoms with Crippen LogP contribution in [0.5, 0.6) is 0 Å². The third-order valence-electron chi connectivity index (χ3n) is 10.2. The molecule has 1 aliphatic heterocycles. The highest BCUT2D eigenvalue weighted by Gasteiger charge is 2.27. The highest BCUT2D eigenvalue weighted by Crippen LogP contribution is 2.35. The minimum absolute atomic E-state index is 0.0122. The molecule has 1 saturated carbocycles. The topological polar surface area (TPSA) is 145 Å². The number of aromatic nitrogens is 6. The van der Waals surface area contributed by atoms with Crippen molar-refractivity contribution in [2.75, 3.05) is 50.5 Å². The fourth-order valence-corrected chi connectivity index (χ4v) is 7.44. The highest BCUT2D eigenvalue weighted by molar-refractivity contribution is 5.98. The van der Waals surface area contributed by atoms with Crippen molar-refractivity contribution in [2.24, 2.45) is 0 Å². The van der Waals surface area contributed by atoms with Gasteiger partial charge in [0.15, 0.2) is 0 Å². The summed E-state index contributed by atoms with van der Waals surface area (Å²) in [5.41, 5.74) is 3.35. The van der Waals surface area contributed by atoms with Gasteiger partial charge in [-0.15, -0.1) is 0 Å². The van der Waals surface area contributed by atoms with Gasteiger partial charge in [0.2, 0.25) is 5.95 Å². The van der Waals surface area contributed by atoms with Crippen LogP contribution in [0.4, 0.5) is 21.8 Å². The summed E-state index contributed by atoms with van der Waals surface area (Å²) in [4.78, 5) is 58.1. The third-order valence-corrected chi connectivity index (χ3v) is 10.2. The second-order valence-electron chi connectivity index (χ2n) is 13.9. The average molecular weight is 715 g/mol. The zero-order chi connectivity index (χ0) is 36.6. The number of nitrogens with zero attached hydrogens (tertiary/aromatic N) is 8. The van der Waals surface area contributed by atoms with E-state index in [0.717, 1.165) is 53.4 Å². The molecule has 2 aromatic carbocycles. The van der Waals surface area contributed by atoms with E-state index in [2.05, 4.69) is 34.9 Å². The number of benzene rings is 2. The Hall–Kier alpha value is -6.18. The molecule has 13 nitrogen and oxygen atoms in total. The number of carbonyl (C=O) groups excluding carboxylic acids is 2. The number of pyridine rings is 1. The van der Waals surface area contributed by atoms with Crippen molar-refractivity contribution >= 4 is 51.1 Å². The van der Waals surface area contributed by atoms with Crippen LogP contribution < -0.4 is 15.8 Å². The Labute approximate surface area is 304 Å². The van der Waals surface area contributed by atoms with Crippen LogP contribution in [0.3, 0.4) is 0 Å². The van der Waals surface area contributed by atoms with Crippen molar-refractivity contribution < 1.29 is 14.0 Å². The molecule has 2 aliphatic rings. The minimum atomic E-state index is -0.579. The first-order valence-corrected chi connectivity index (χ1v) is 17.8. The fraction of sp³-hybridized carbons (Fsp3) is 0.308. The first-order chi connectivity index (χ1) is 25.7. The number of aromatic amines is 1. The fourth-order valence-electron chi connectivity index (χ4n) is 7.44. The second-order valence-corrected chi connectivity index (χ2v) is 13.9. The van der Waals surface area contributed by atoms with E-state index in [-0.39, 0.29) is 29.0 Å². The molecule has 53 heavy (non-hydrogen) atoms. The third kappa shape index (κ3) is 6.67. The molecular weight excluding hydrogens is 675 g/mol. The second kappa shape index (κ2) is 14.1. The maximum Gasteiger partial charge on any atom is 0.272 e. The van der Waals surface area contributed by atoms with E-state index in [9.17, 15) is 14.4 Å². The lowest BCUT2D eigenvalue weighted by Gasteiger charge is -2.36. The lowest BCUT2D eigenvalue weighted by molar-refractivity contribution is 0.0741. The Kier molecular flexibility index (Phi) is 9.02. The van der Waals surface area contributed by atoms with Gasteiger partial charge in [0.25, 0.3) is 17.4 Å². The van der Waals surface area contributed by atoms with Gasteiger partial charge in [-0.25, -0.2) is 19.5 Å². The van der Waals surface area contributed by atoms with Gasteiger partial charge in [0.1, 0.15) is 23.0 Å². The number of halogens is 1. The lowest BCUT2D eigenvalue weighted by atomic mass is 10.0. The average Bonchev–Trinajstić information content (AvgIpc) is 3.85. The summed E-state index contributed by atoms with van der Waals surface area (Å²) >= 11 is 0. The number of fused-ring (bicyclic) bond motifs is 2. The molecule has 1 aliphatic carbocycles. The summed E-state index contributed by atoms with van der Waals surface area (Å²) in [6, 6.07) is 17.6. The molecule has 5 heterocycles. The van der Waals surface area contributed by atoms with Gasteiger partial charge in [-0.05, 0) is 54.8 Å². The number of amides is 2. The first kappa shape index (κ1) is 33.9. The molecule has 14 heteroatoms. The minimum Gasteiger partial charge on any atom is -0.367 e. The van der Waals surface area contributed by atoms with Crippen molar-refractivity contribution in [1.29, 1.82) is 0 Å². The summed E-state index contributed by atoms with van der Waals surface area (Å²) in [6.45, 7) is 1.95. The molecule has 0 bridgehead atoms. The summed E-state index contributed by atoms with van der Waals surface area (Å²) in [5.74, 6) is -0.0314. The Morgan fingerprint density at radius 1 is 0.943 bits per heavy atom. The predicted molar refractivity (Wildman–Crippen MR) is 200 cm³/mol. The number of hydrogen-bond donors (Lipinski definition) is 2. The zero-order valence-corrected chi connectivity index (χ0v) is 29.5. The van der Waals surface area contributed by atoms with E-state index in [0.29, 0.717) is 61.1 Å². The smallest absolute Gasteiger partial charge is 0.272 e. The van der Waals surface area contributed by atoms with E-state index in [4.69, 9.17) is 4.98 Å². The van der Waals surface area contributed by atoms with Crippen LogP contribution in [-0.2, 0) is 6.42 Å². The number of hydrogen-bond acceptors (Lipinski definition) is 9. The first-order valence-electron chi connectivity index (χ1n) is 17.8. The predicted octanol–water partition coefficient (Wildman–Crippen LogP) is 5.32. The number of anilines is 3. The summed E-state index contributed by atoms with van der Waals surface area (Å²) in [5, 5.41) is 12.0. The van der Waals surface area contributed by atoms with Gasteiger partial charge in [-0.2, -0.15) is 10.1 Å². The standard InChI is InChI=1S/C39H39FN10O3/c1-47(2)38(53)33-21-25-22-42-39(44-35(25)50(33)26-7-3-4-8-26)43-34-14-12-27(23-41-34)48-15-17-49(18-16-48)37(52)30-19-24(11-13-31(30)40)20-32-28-9-5-6-10-29(28)36(51)46-45-32/h5-6,9-14,19,21-23,26H,3-4,7-8,15-18,20H2,1-2H3,(H,46,51)(H,41,42,43,44). The molecule has 0 atom stereocenters. The van der Waals surface area contributed by atoms with Crippen LogP contribution in [0.15, 0.2) is 77.9 Å². The molecule has 1 saturated heterocycles. The van der Waals surface area contributed by atoms with E-state index in [1.807, 2.05) is 30.3 Å². The van der Waals surface area contributed by atoms with Crippen LogP contribution in [-0.4, -0.2) is 91.6 Å². The van der Waals surface area contributed by atoms with Gasteiger partial charge in [-0.3, -0.25) is 14.4 Å². The Morgan fingerprint density at radius 2 is 1.72 bits per heavy atom. The highest BCUT2D eigenvalue weighted by atomic mass is 19.1. The molecule has 6 aromatic rings. The quantitative estimate of drug-likeness (QED) is 0.214. The molecule has 0 spiro atoms. The molecule has 0 unspecified atom stereocenters. The Morgan fingerprint density at radius 3 is 2.45 bits per heavy atom. The number of nitrogens with one attached hydrogen (secondary N) is 2. The van der Waals surface area contributed by atoms with Gasteiger partial charge < -0.3 is 24.6 Å². The normalized spacial score (nSPS) is 15.0. The molecule has 8 rings (SSSR count). The molecule has 270 valence electrons. The van der Waals surface area contributed by atoms with Crippen LogP contribution >= 0.6 is 0 Å². The molecular formula is C39H39FN10O3. The van der Waals surface area contributed by atoms with Crippen LogP contribution in [0.25, 0.3) is 21.8 Å². The van der Waals surface area contributed by atoms with E-state index in [1.165, 1.54) is 6.07 Å². The van der Waals surface area contributed by atoms with E-state index < -0.39 is 5.82 Å². The maximum atomic E-state index is 15.0. The lowest BCUT2D eigenvalue weighted by Crippen LogP contribution is -2.49. The Balaban J connectivity index is 0.923. The summed E-state index contributed by atoms with van der Waals surface area (Å²) in [7, 11) is 3.51. The molecule has 4 aromatic heterocycles. The van der Waals surface area contributed by atoms with Crippen LogP contribution in [0.1, 0.15) is 63.8 Å². The zero-order valence-electron chi connectivity index (χ0n) is 29.5. The number of rotatable bonds is 8. The van der Waals surface area contributed by atoms with E-state index >= 15 is 4.39 Å². The molecule has 2 amide bonds. The Bertz CT molecular complexity index is 2390.